The Kier molecular flexibility index (Phi) is 5.10. The van der Waals surface area contributed by atoms with Crippen LogP contribution in [0.4, 0.5) is 13.2 Å². The van der Waals surface area contributed by atoms with Gasteiger partial charge in [-0.1, -0.05) is 12.1 Å². The summed E-state index contributed by atoms with van der Waals surface area (Å²) in [5, 5.41) is 6.76. The number of ether oxygens (including phenoxy) is 1. The normalized spacial score (nSPS) is 12.8. The van der Waals surface area contributed by atoms with E-state index >= 15 is 0 Å². The molecule has 0 fully saturated rings. The van der Waals surface area contributed by atoms with Crippen LogP contribution in [0.1, 0.15) is 35.0 Å². The standard InChI is InChI=1S/C15H17F3N4O2/c1-9(19-14(23)13-20-10(2)21-22(13)3)11-4-6-12(7-5-11)24-8-15(16,17)18/h4-7,9H,8H2,1-3H3,(H,19,23). The summed E-state index contributed by atoms with van der Waals surface area (Å²) < 4.78 is 42.3. The third-order valence-electron chi connectivity index (χ3n) is 3.20. The van der Waals surface area contributed by atoms with E-state index in [0.717, 1.165) is 5.56 Å². The minimum atomic E-state index is -4.38. The molecule has 1 unspecified atom stereocenters. The van der Waals surface area contributed by atoms with Gasteiger partial charge in [0.25, 0.3) is 5.91 Å². The Hall–Kier alpha value is -2.58. The molecule has 1 heterocycles. The van der Waals surface area contributed by atoms with Gasteiger partial charge in [0.2, 0.25) is 5.82 Å². The quantitative estimate of drug-likeness (QED) is 0.907. The fraction of sp³-hybridized carbons (Fsp3) is 0.400. The second-order valence-electron chi connectivity index (χ2n) is 5.27. The molecule has 1 aromatic carbocycles. The lowest BCUT2D eigenvalue weighted by atomic mass is 10.1. The van der Waals surface area contributed by atoms with Crippen LogP contribution in [0, 0.1) is 6.92 Å². The van der Waals surface area contributed by atoms with Crippen molar-refractivity contribution in [3.63, 3.8) is 0 Å². The molecule has 24 heavy (non-hydrogen) atoms. The molecule has 2 aromatic rings. The lowest BCUT2D eigenvalue weighted by Crippen LogP contribution is -2.29. The average molecular weight is 342 g/mol. The molecule has 0 spiro atoms. The van der Waals surface area contributed by atoms with Crippen molar-refractivity contribution in [1.29, 1.82) is 0 Å². The molecule has 9 heteroatoms. The van der Waals surface area contributed by atoms with Gasteiger partial charge in [0.05, 0.1) is 6.04 Å². The molecule has 0 radical (unpaired) electrons. The van der Waals surface area contributed by atoms with E-state index in [1.54, 1.807) is 33.0 Å². The highest BCUT2D eigenvalue weighted by Gasteiger charge is 2.28. The highest BCUT2D eigenvalue weighted by Crippen LogP contribution is 2.21. The van der Waals surface area contributed by atoms with Crippen molar-refractivity contribution in [2.45, 2.75) is 26.1 Å². The van der Waals surface area contributed by atoms with Gasteiger partial charge in [-0.3, -0.25) is 4.79 Å². The fourth-order valence-corrected chi connectivity index (χ4v) is 2.07. The Balaban J connectivity index is 1.98. The maximum atomic E-state index is 12.2. The maximum Gasteiger partial charge on any atom is 0.422 e. The topological polar surface area (TPSA) is 69.0 Å². The number of nitrogens with one attached hydrogen (secondary N) is 1. The number of nitrogens with zero attached hydrogens (tertiary/aromatic N) is 3. The van der Waals surface area contributed by atoms with E-state index in [1.165, 1.54) is 16.8 Å². The van der Waals surface area contributed by atoms with E-state index in [4.69, 9.17) is 0 Å². The zero-order chi connectivity index (χ0) is 17.9. The zero-order valence-electron chi connectivity index (χ0n) is 13.4. The fourth-order valence-electron chi connectivity index (χ4n) is 2.07. The smallest absolute Gasteiger partial charge is 0.422 e. The monoisotopic (exact) mass is 342 g/mol. The van der Waals surface area contributed by atoms with Gasteiger partial charge in [-0.15, -0.1) is 0 Å². The molecule has 0 aliphatic rings. The molecule has 130 valence electrons. The molecular weight excluding hydrogens is 325 g/mol. The van der Waals surface area contributed by atoms with Gasteiger partial charge in [0.15, 0.2) is 6.61 Å². The van der Waals surface area contributed by atoms with Crippen LogP contribution in [0.2, 0.25) is 0 Å². The minimum absolute atomic E-state index is 0.110. The number of hydrogen-bond acceptors (Lipinski definition) is 4. The van der Waals surface area contributed by atoms with E-state index in [0.29, 0.717) is 5.82 Å². The number of aromatic nitrogens is 3. The summed E-state index contributed by atoms with van der Waals surface area (Å²) >= 11 is 0. The van der Waals surface area contributed by atoms with E-state index < -0.39 is 12.8 Å². The van der Waals surface area contributed by atoms with Gasteiger partial charge in [-0.25, -0.2) is 9.67 Å². The van der Waals surface area contributed by atoms with Crippen LogP contribution in [0.3, 0.4) is 0 Å². The Labute approximate surface area is 136 Å². The number of halogens is 3. The Morgan fingerprint density at radius 2 is 1.96 bits per heavy atom. The summed E-state index contributed by atoms with van der Waals surface area (Å²) in [7, 11) is 1.62. The number of alkyl halides is 3. The number of aryl methyl sites for hydroxylation is 2. The molecule has 1 atom stereocenters. The lowest BCUT2D eigenvalue weighted by Gasteiger charge is -2.15. The lowest BCUT2D eigenvalue weighted by molar-refractivity contribution is -0.153. The summed E-state index contributed by atoms with van der Waals surface area (Å²) in [6.07, 6.45) is -4.38. The predicted octanol–water partition coefficient (Wildman–Crippen LogP) is 2.56. The molecule has 1 N–H and O–H groups in total. The Bertz CT molecular complexity index is 710. The summed E-state index contributed by atoms with van der Waals surface area (Å²) in [5.41, 5.74) is 0.724. The molecule has 0 bridgehead atoms. The van der Waals surface area contributed by atoms with Gasteiger partial charge in [0.1, 0.15) is 11.6 Å². The first-order valence-electron chi connectivity index (χ1n) is 7.14. The number of benzene rings is 1. The van der Waals surface area contributed by atoms with Crippen LogP contribution in [-0.2, 0) is 7.05 Å². The molecule has 0 saturated heterocycles. The largest absolute Gasteiger partial charge is 0.484 e. The van der Waals surface area contributed by atoms with Crippen LogP contribution in [-0.4, -0.2) is 33.5 Å². The molecule has 0 saturated carbocycles. The first-order valence-corrected chi connectivity index (χ1v) is 7.14. The summed E-state index contributed by atoms with van der Waals surface area (Å²) in [5.74, 6) is 0.396. The predicted molar refractivity (Wildman–Crippen MR) is 79.6 cm³/mol. The van der Waals surface area contributed by atoms with Gasteiger partial charge < -0.3 is 10.1 Å². The summed E-state index contributed by atoms with van der Waals surface area (Å²) in [6, 6.07) is 5.69. The number of hydrogen-bond donors (Lipinski definition) is 1. The summed E-state index contributed by atoms with van der Waals surface area (Å²) in [4.78, 5) is 16.2. The van der Waals surface area contributed by atoms with E-state index in [9.17, 15) is 18.0 Å². The Morgan fingerprint density at radius 3 is 2.46 bits per heavy atom. The van der Waals surface area contributed by atoms with Crippen LogP contribution >= 0.6 is 0 Å². The van der Waals surface area contributed by atoms with Crippen molar-refractivity contribution in [3.05, 3.63) is 41.5 Å². The molecule has 0 aliphatic carbocycles. The van der Waals surface area contributed by atoms with Crippen molar-refractivity contribution >= 4 is 5.91 Å². The van der Waals surface area contributed by atoms with Crippen molar-refractivity contribution in [3.8, 4) is 5.75 Å². The van der Waals surface area contributed by atoms with Crippen LogP contribution in [0.15, 0.2) is 24.3 Å². The molecule has 1 aromatic heterocycles. The number of carbonyl (C=O) groups excluding carboxylic acids is 1. The average Bonchev–Trinajstić information content (AvgIpc) is 2.83. The van der Waals surface area contributed by atoms with Crippen LogP contribution in [0.25, 0.3) is 0 Å². The van der Waals surface area contributed by atoms with Crippen molar-refractivity contribution < 1.29 is 22.7 Å². The van der Waals surface area contributed by atoms with E-state index in [1.807, 2.05) is 0 Å². The maximum absolute atomic E-state index is 12.2. The third-order valence-corrected chi connectivity index (χ3v) is 3.20. The molecule has 2 rings (SSSR count). The molecule has 0 aliphatic heterocycles. The van der Waals surface area contributed by atoms with Crippen molar-refractivity contribution in [1.82, 2.24) is 20.1 Å². The highest BCUT2D eigenvalue weighted by atomic mass is 19.4. The second-order valence-corrected chi connectivity index (χ2v) is 5.27. The molecular formula is C15H17F3N4O2. The summed E-state index contributed by atoms with van der Waals surface area (Å²) in [6.45, 7) is 2.09. The van der Waals surface area contributed by atoms with Crippen molar-refractivity contribution in [2.75, 3.05) is 6.61 Å². The molecule has 6 nitrogen and oxygen atoms in total. The first-order chi connectivity index (χ1) is 11.2. The minimum Gasteiger partial charge on any atom is -0.484 e. The van der Waals surface area contributed by atoms with Crippen LogP contribution < -0.4 is 10.1 Å². The number of carbonyl (C=O) groups is 1. The van der Waals surface area contributed by atoms with Gasteiger partial charge in [-0.05, 0) is 31.5 Å². The number of rotatable bonds is 5. The highest BCUT2D eigenvalue weighted by molar-refractivity contribution is 5.90. The van der Waals surface area contributed by atoms with Crippen LogP contribution in [0.5, 0.6) is 5.75 Å². The molecule has 1 amide bonds. The van der Waals surface area contributed by atoms with Gasteiger partial charge >= 0.3 is 6.18 Å². The SMILES string of the molecule is Cc1nc(C(=O)NC(C)c2ccc(OCC(F)(F)F)cc2)n(C)n1. The number of amides is 1. The van der Waals surface area contributed by atoms with Crippen molar-refractivity contribution in [2.24, 2.45) is 7.05 Å². The van der Waals surface area contributed by atoms with Gasteiger partial charge in [0, 0.05) is 7.05 Å². The van der Waals surface area contributed by atoms with Gasteiger partial charge in [-0.2, -0.15) is 18.3 Å². The first kappa shape index (κ1) is 17.8. The Morgan fingerprint density at radius 1 is 1.33 bits per heavy atom. The van der Waals surface area contributed by atoms with E-state index in [2.05, 4.69) is 20.1 Å². The second kappa shape index (κ2) is 6.90. The van der Waals surface area contributed by atoms with E-state index in [-0.39, 0.29) is 23.5 Å². The third kappa shape index (κ3) is 4.71. The zero-order valence-corrected chi connectivity index (χ0v) is 13.4.